The molecule has 0 aliphatic rings. The van der Waals surface area contributed by atoms with Gasteiger partial charge in [0.2, 0.25) is 0 Å². The van der Waals surface area contributed by atoms with E-state index >= 15 is 0 Å². The van der Waals surface area contributed by atoms with E-state index in [1.165, 1.54) is 116 Å². The van der Waals surface area contributed by atoms with E-state index in [1.54, 1.807) is 0 Å². The fraction of sp³-hybridized carbons (Fsp3) is 0.649. The molecule has 0 aromatic rings. The average Bonchev–Trinajstić information content (AvgIpc) is 3.49. The molecule has 470 valence electrons. The Labute approximate surface area is 512 Å². The molecule has 0 saturated heterocycles. The molecule has 6 nitrogen and oxygen atoms in total. The van der Waals surface area contributed by atoms with E-state index in [0.29, 0.717) is 19.3 Å². The SMILES string of the molecule is CC/C=C\C/C=C\C/C=C\C/C=C\C/C=C\C/C=C\C/C=C\C/C=C\CCCCCCCCCCC(=O)OCC(COC(=O)CCCCCCC)OC(=O)CCCCCCCCCCCCCCCC/C=C\C/C=C\C/C=C\C/C=C\CC. The highest BCUT2D eigenvalue weighted by atomic mass is 16.6. The second-order valence-corrected chi connectivity index (χ2v) is 22.3. The molecule has 1 unspecified atom stereocenters. The van der Waals surface area contributed by atoms with Crippen molar-refractivity contribution in [2.45, 2.75) is 309 Å². The predicted octanol–water partition coefficient (Wildman–Crippen LogP) is 23.9. The van der Waals surface area contributed by atoms with Crippen molar-refractivity contribution in [1.29, 1.82) is 0 Å². The Morgan fingerprint density at radius 2 is 0.470 bits per heavy atom. The number of unbranched alkanes of at least 4 members (excludes halogenated alkanes) is 26. The quantitative estimate of drug-likeness (QED) is 0.0261. The van der Waals surface area contributed by atoms with Crippen molar-refractivity contribution in [2.75, 3.05) is 13.2 Å². The van der Waals surface area contributed by atoms with Crippen LogP contribution in [-0.4, -0.2) is 37.2 Å². The minimum absolute atomic E-state index is 0.0833. The summed E-state index contributed by atoms with van der Waals surface area (Å²) in [4.78, 5) is 38.0. The van der Waals surface area contributed by atoms with E-state index in [9.17, 15) is 14.4 Å². The van der Waals surface area contributed by atoms with Gasteiger partial charge in [0.15, 0.2) is 6.10 Å². The van der Waals surface area contributed by atoms with Crippen LogP contribution in [0.25, 0.3) is 0 Å². The Morgan fingerprint density at radius 1 is 0.253 bits per heavy atom. The molecule has 0 spiro atoms. The van der Waals surface area contributed by atoms with Gasteiger partial charge in [-0.3, -0.25) is 14.4 Å². The van der Waals surface area contributed by atoms with Gasteiger partial charge < -0.3 is 14.2 Å². The number of esters is 3. The lowest BCUT2D eigenvalue weighted by Crippen LogP contribution is -2.30. The maximum Gasteiger partial charge on any atom is 0.306 e. The van der Waals surface area contributed by atoms with Gasteiger partial charge in [-0.15, -0.1) is 0 Å². The van der Waals surface area contributed by atoms with Crippen molar-refractivity contribution < 1.29 is 28.6 Å². The van der Waals surface area contributed by atoms with Crippen molar-refractivity contribution in [3.63, 3.8) is 0 Å². The van der Waals surface area contributed by atoms with Gasteiger partial charge in [-0.05, 0) is 122 Å². The van der Waals surface area contributed by atoms with Crippen LogP contribution in [0.15, 0.2) is 146 Å². The highest BCUT2D eigenvalue weighted by Gasteiger charge is 2.19. The molecule has 0 rings (SSSR count). The van der Waals surface area contributed by atoms with Gasteiger partial charge in [0, 0.05) is 19.3 Å². The molecule has 1 atom stereocenters. The predicted molar refractivity (Wildman–Crippen MR) is 362 cm³/mol. The van der Waals surface area contributed by atoms with Crippen molar-refractivity contribution >= 4 is 17.9 Å². The lowest BCUT2D eigenvalue weighted by Gasteiger charge is -2.18. The van der Waals surface area contributed by atoms with Crippen molar-refractivity contribution in [1.82, 2.24) is 0 Å². The summed E-state index contributed by atoms with van der Waals surface area (Å²) < 4.78 is 16.8. The largest absolute Gasteiger partial charge is 0.462 e. The standard InChI is InChI=1S/C77H126O6/c1-4-7-10-13-15-17-19-21-23-25-27-29-31-33-35-36-37-38-39-40-42-43-45-47-49-51-53-55-57-59-61-64-67-70-76(79)82-73-74(72-81-75(78)69-66-63-12-9-6-3)83-77(80)71-68-65-62-60-58-56-54-52-50-48-46-44-41-34-32-30-28-26-24-22-20-18-16-14-11-8-5-2/h7-8,10-11,15-18,21-24,27-30,33,35,37-38,40,42,45,47,74H,4-6,9,12-14,19-20,25-26,31-32,34,36,39,41,43-44,46,48-73H2,1-3H3/b10-7-,11-8-,17-15-,18-16-,23-21-,24-22-,29-27-,30-28-,35-33-,38-37-,42-40-,47-45-. The molecule has 0 aromatic heterocycles. The first-order valence-electron chi connectivity index (χ1n) is 34.3. The fourth-order valence-corrected chi connectivity index (χ4v) is 9.27. The van der Waals surface area contributed by atoms with Crippen LogP contribution in [0.5, 0.6) is 0 Å². The summed E-state index contributed by atoms with van der Waals surface area (Å²) >= 11 is 0. The number of carbonyl (C=O) groups excluding carboxylic acids is 3. The van der Waals surface area contributed by atoms with Gasteiger partial charge >= 0.3 is 17.9 Å². The van der Waals surface area contributed by atoms with Crippen LogP contribution >= 0.6 is 0 Å². The Kier molecular flexibility index (Phi) is 65.8. The number of ether oxygens (including phenoxy) is 3. The maximum atomic E-state index is 12.9. The van der Waals surface area contributed by atoms with Crippen LogP contribution in [0.4, 0.5) is 0 Å². The number of hydrogen-bond acceptors (Lipinski definition) is 6. The summed E-state index contributed by atoms with van der Waals surface area (Å²) in [5.41, 5.74) is 0. The molecule has 0 amide bonds. The van der Waals surface area contributed by atoms with E-state index in [-0.39, 0.29) is 31.1 Å². The molecule has 83 heavy (non-hydrogen) atoms. The summed E-state index contributed by atoms with van der Waals surface area (Å²) in [5.74, 6) is -0.903. The van der Waals surface area contributed by atoms with Gasteiger partial charge in [-0.2, -0.15) is 0 Å². The van der Waals surface area contributed by atoms with E-state index < -0.39 is 6.10 Å². The third-order valence-electron chi connectivity index (χ3n) is 14.3. The maximum absolute atomic E-state index is 12.9. The van der Waals surface area contributed by atoms with Crippen molar-refractivity contribution in [3.05, 3.63) is 146 Å². The molecule has 0 N–H and O–H groups in total. The zero-order valence-corrected chi connectivity index (χ0v) is 53.9. The van der Waals surface area contributed by atoms with Crippen LogP contribution in [0.2, 0.25) is 0 Å². The monoisotopic (exact) mass is 1150 g/mol. The lowest BCUT2D eigenvalue weighted by molar-refractivity contribution is -0.167. The number of hydrogen-bond donors (Lipinski definition) is 0. The minimum Gasteiger partial charge on any atom is -0.462 e. The third kappa shape index (κ3) is 68.0. The van der Waals surface area contributed by atoms with Crippen LogP contribution < -0.4 is 0 Å². The van der Waals surface area contributed by atoms with Gasteiger partial charge in [-0.25, -0.2) is 0 Å². The summed E-state index contributed by atoms with van der Waals surface area (Å²) in [5, 5.41) is 0. The molecule has 0 aliphatic carbocycles. The van der Waals surface area contributed by atoms with Crippen LogP contribution in [-0.2, 0) is 28.6 Å². The lowest BCUT2D eigenvalue weighted by atomic mass is 10.0. The molecule has 0 radical (unpaired) electrons. The van der Waals surface area contributed by atoms with E-state index in [1.807, 2.05) is 0 Å². The molecular weight excluding hydrogens is 1020 g/mol. The minimum atomic E-state index is -0.783. The number of rotatable bonds is 61. The Bertz CT molecular complexity index is 1800. The highest BCUT2D eigenvalue weighted by molar-refractivity contribution is 5.71. The summed E-state index contributed by atoms with van der Waals surface area (Å²) in [6, 6.07) is 0. The van der Waals surface area contributed by atoms with Gasteiger partial charge in [0.1, 0.15) is 13.2 Å². The van der Waals surface area contributed by atoms with Crippen LogP contribution in [0, 0.1) is 0 Å². The zero-order valence-electron chi connectivity index (χ0n) is 53.9. The molecule has 0 aromatic carbocycles. The van der Waals surface area contributed by atoms with Gasteiger partial charge in [-0.1, -0.05) is 308 Å². The summed E-state index contributed by atoms with van der Waals surface area (Å²) in [6.45, 7) is 6.33. The van der Waals surface area contributed by atoms with Gasteiger partial charge in [0.05, 0.1) is 0 Å². The molecule has 0 saturated carbocycles. The number of allylic oxidation sites excluding steroid dienone is 24. The molecule has 0 bridgehead atoms. The Balaban J connectivity index is 4.06. The normalized spacial score (nSPS) is 13.0. The van der Waals surface area contributed by atoms with Crippen molar-refractivity contribution in [3.8, 4) is 0 Å². The second kappa shape index (κ2) is 69.8. The average molecular weight is 1150 g/mol. The molecule has 0 heterocycles. The summed E-state index contributed by atoms with van der Waals surface area (Å²) in [6.07, 6.45) is 101. The second-order valence-electron chi connectivity index (χ2n) is 22.3. The smallest absolute Gasteiger partial charge is 0.306 e. The van der Waals surface area contributed by atoms with E-state index in [4.69, 9.17) is 14.2 Å². The highest BCUT2D eigenvalue weighted by Crippen LogP contribution is 2.16. The molecule has 0 fully saturated rings. The third-order valence-corrected chi connectivity index (χ3v) is 14.3. The first-order chi connectivity index (χ1) is 41.0. The van der Waals surface area contributed by atoms with Gasteiger partial charge in [0.25, 0.3) is 0 Å². The molecule has 6 heteroatoms. The van der Waals surface area contributed by atoms with Crippen LogP contribution in [0.3, 0.4) is 0 Å². The molecule has 0 aliphatic heterocycles. The zero-order chi connectivity index (χ0) is 59.9. The Hall–Kier alpha value is -4.71. The number of carbonyl (C=O) groups is 3. The van der Waals surface area contributed by atoms with E-state index in [2.05, 4.69) is 167 Å². The fourth-order valence-electron chi connectivity index (χ4n) is 9.27. The Morgan fingerprint density at radius 3 is 0.735 bits per heavy atom. The first-order valence-corrected chi connectivity index (χ1v) is 34.3. The van der Waals surface area contributed by atoms with Crippen LogP contribution in [0.1, 0.15) is 303 Å². The first kappa shape index (κ1) is 78.3. The topological polar surface area (TPSA) is 78.9 Å². The van der Waals surface area contributed by atoms with Crippen molar-refractivity contribution in [2.24, 2.45) is 0 Å². The van der Waals surface area contributed by atoms with E-state index in [0.717, 1.165) is 148 Å². The molecular formula is C77H126O6. The summed E-state index contributed by atoms with van der Waals surface area (Å²) in [7, 11) is 0.